The molecule has 0 spiro atoms. The number of rotatable bonds is 2. The first-order valence-corrected chi connectivity index (χ1v) is 5.11. The van der Waals surface area contributed by atoms with Gasteiger partial charge in [-0.05, 0) is 19.2 Å². The average Bonchev–Trinajstić information content (AvgIpc) is 2.12. The molecule has 0 saturated heterocycles. The largest absolute Gasteiger partial charge is 0.389 e. The predicted octanol–water partition coefficient (Wildman–Crippen LogP) is 2.88. The van der Waals surface area contributed by atoms with Gasteiger partial charge in [0, 0.05) is 10.5 Å². The molecule has 0 amide bonds. The molecule has 0 heterocycles. The number of hydrogen-bond acceptors (Lipinski definition) is 2. The Morgan fingerprint density at radius 1 is 1.29 bits per heavy atom. The van der Waals surface area contributed by atoms with Crippen LogP contribution in [0.5, 0.6) is 0 Å². The lowest BCUT2D eigenvalue weighted by atomic mass is 10.1. The molecule has 0 saturated carbocycles. The monoisotopic (exact) mass is 222 g/mol. The molecule has 1 rings (SSSR count). The number of aliphatic hydroxyl groups is 1. The van der Waals surface area contributed by atoms with E-state index in [1.165, 1.54) is 6.92 Å². The van der Waals surface area contributed by atoms with Crippen molar-refractivity contribution < 1.29 is 18.3 Å². The van der Waals surface area contributed by atoms with Gasteiger partial charge in [-0.15, -0.1) is 11.8 Å². The van der Waals surface area contributed by atoms with E-state index in [1.54, 1.807) is 6.26 Å². The van der Waals surface area contributed by atoms with E-state index < -0.39 is 23.6 Å². The van der Waals surface area contributed by atoms with Crippen LogP contribution in [0.15, 0.2) is 11.0 Å². The van der Waals surface area contributed by atoms with Gasteiger partial charge in [0.15, 0.2) is 17.5 Å². The van der Waals surface area contributed by atoms with Crippen LogP contribution in [-0.2, 0) is 0 Å². The summed E-state index contributed by atoms with van der Waals surface area (Å²) in [6.07, 6.45) is 0.436. The molecule has 1 nitrogen and oxygen atoms in total. The standard InChI is InChI=1S/C9H9F3OS/c1-4(13)7-6(14-2)3-5(10)8(11)9(7)12/h3-4,13H,1-2H3. The van der Waals surface area contributed by atoms with Crippen molar-refractivity contribution in [1.29, 1.82) is 0 Å². The molecule has 0 aliphatic carbocycles. The molecular formula is C9H9F3OS. The summed E-state index contributed by atoms with van der Waals surface area (Å²) in [5, 5.41) is 9.19. The fourth-order valence-corrected chi connectivity index (χ4v) is 1.85. The van der Waals surface area contributed by atoms with Gasteiger partial charge in [-0.25, -0.2) is 13.2 Å². The summed E-state index contributed by atoms with van der Waals surface area (Å²) in [5.41, 5.74) is -0.198. The highest BCUT2D eigenvalue weighted by atomic mass is 32.2. The number of benzene rings is 1. The molecular weight excluding hydrogens is 213 g/mol. The first-order chi connectivity index (χ1) is 6.49. The Hall–Kier alpha value is -0.680. The van der Waals surface area contributed by atoms with E-state index in [0.717, 1.165) is 17.8 Å². The van der Waals surface area contributed by atoms with Gasteiger partial charge in [-0.2, -0.15) is 0 Å². The zero-order valence-electron chi connectivity index (χ0n) is 7.64. The minimum absolute atomic E-state index is 0.198. The van der Waals surface area contributed by atoms with E-state index in [-0.39, 0.29) is 10.5 Å². The van der Waals surface area contributed by atoms with Crippen LogP contribution in [0.1, 0.15) is 18.6 Å². The number of thioether (sulfide) groups is 1. The molecule has 1 atom stereocenters. The van der Waals surface area contributed by atoms with Gasteiger partial charge in [0.2, 0.25) is 0 Å². The summed E-state index contributed by atoms with van der Waals surface area (Å²) in [4.78, 5) is 0.205. The molecule has 0 aliphatic heterocycles. The van der Waals surface area contributed by atoms with Crippen LogP contribution in [0.3, 0.4) is 0 Å². The molecule has 1 aromatic rings. The molecule has 0 fully saturated rings. The van der Waals surface area contributed by atoms with E-state index in [4.69, 9.17) is 0 Å². The molecule has 1 N–H and O–H groups in total. The summed E-state index contributed by atoms with van der Waals surface area (Å²) in [6, 6.07) is 0.880. The molecule has 0 aliphatic rings. The summed E-state index contributed by atoms with van der Waals surface area (Å²) < 4.78 is 38.7. The van der Waals surface area contributed by atoms with Crippen molar-refractivity contribution in [3.8, 4) is 0 Å². The fraction of sp³-hybridized carbons (Fsp3) is 0.333. The van der Waals surface area contributed by atoms with Crippen molar-refractivity contribution in [2.75, 3.05) is 6.26 Å². The molecule has 0 aromatic heterocycles. The van der Waals surface area contributed by atoms with E-state index in [2.05, 4.69) is 0 Å². The summed E-state index contributed by atoms with van der Waals surface area (Å²) in [5.74, 6) is -4.10. The highest BCUT2D eigenvalue weighted by Gasteiger charge is 2.21. The molecule has 14 heavy (non-hydrogen) atoms. The quantitative estimate of drug-likeness (QED) is 0.613. The average molecular weight is 222 g/mol. The lowest BCUT2D eigenvalue weighted by Crippen LogP contribution is -2.03. The second kappa shape index (κ2) is 4.23. The zero-order chi connectivity index (χ0) is 10.9. The smallest absolute Gasteiger partial charge is 0.194 e. The normalized spacial score (nSPS) is 13.0. The Labute approximate surface area is 83.9 Å². The predicted molar refractivity (Wildman–Crippen MR) is 48.7 cm³/mol. The highest BCUT2D eigenvalue weighted by Crippen LogP contribution is 2.31. The number of hydrogen-bond donors (Lipinski definition) is 1. The Balaban J connectivity index is 3.45. The summed E-state index contributed by atoms with van der Waals surface area (Å²) in [6.45, 7) is 1.30. The van der Waals surface area contributed by atoms with Gasteiger partial charge in [0.05, 0.1) is 6.10 Å². The molecule has 5 heteroatoms. The van der Waals surface area contributed by atoms with Gasteiger partial charge in [-0.3, -0.25) is 0 Å². The maximum absolute atomic E-state index is 13.2. The maximum atomic E-state index is 13.2. The van der Waals surface area contributed by atoms with Crippen molar-refractivity contribution in [2.24, 2.45) is 0 Å². The van der Waals surface area contributed by atoms with Crippen LogP contribution in [0.4, 0.5) is 13.2 Å². The second-order valence-corrected chi connectivity index (χ2v) is 3.63. The van der Waals surface area contributed by atoms with Gasteiger partial charge < -0.3 is 5.11 Å². The van der Waals surface area contributed by atoms with E-state index in [9.17, 15) is 18.3 Å². The maximum Gasteiger partial charge on any atom is 0.194 e. The Bertz CT molecular complexity index is 352. The summed E-state index contributed by atoms with van der Waals surface area (Å²) in [7, 11) is 0. The highest BCUT2D eigenvalue weighted by molar-refractivity contribution is 7.98. The van der Waals surface area contributed by atoms with Gasteiger partial charge >= 0.3 is 0 Å². The number of halogens is 3. The van der Waals surface area contributed by atoms with Crippen LogP contribution in [0.25, 0.3) is 0 Å². The summed E-state index contributed by atoms with van der Waals surface area (Å²) >= 11 is 1.05. The lowest BCUT2D eigenvalue weighted by molar-refractivity contribution is 0.188. The van der Waals surface area contributed by atoms with Crippen molar-refractivity contribution in [2.45, 2.75) is 17.9 Å². The Morgan fingerprint density at radius 3 is 2.29 bits per heavy atom. The Morgan fingerprint density at radius 2 is 1.86 bits per heavy atom. The molecule has 1 aromatic carbocycles. The third-order valence-electron chi connectivity index (χ3n) is 1.80. The van der Waals surface area contributed by atoms with Gasteiger partial charge in [-0.1, -0.05) is 0 Å². The van der Waals surface area contributed by atoms with Crippen LogP contribution in [-0.4, -0.2) is 11.4 Å². The van der Waals surface area contributed by atoms with Crippen LogP contribution >= 0.6 is 11.8 Å². The first-order valence-electron chi connectivity index (χ1n) is 3.88. The van der Waals surface area contributed by atoms with Crippen molar-refractivity contribution in [3.05, 3.63) is 29.1 Å². The topological polar surface area (TPSA) is 20.2 Å². The number of aliphatic hydroxyl groups excluding tert-OH is 1. The molecule has 0 bridgehead atoms. The van der Waals surface area contributed by atoms with Crippen molar-refractivity contribution in [1.82, 2.24) is 0 Å². The molecule has 0 radical (unpaired) electrons. The SMILES string of the molecule is CSc1cc(F)c(F)c(F)c1C(C)O. The van der Waals surface area contributed by atoms with Crippen LogP contribution in [0.2, 0.25) is 0 Å². The van der Waals surface area contributed by atoms with Crippen LogP contribution < -0.4 is 0 Å². The van der Waals surface area contributed by atoms with E-state index in [1.807, 2.05) is 0 Å². The van der Waals surface area contributed by atoms with Crippen molar-refractivity contribution >= 4 is 11.8 Å². The first kappa shape index (κ1) is 11.4. The van der Waals surface area contributed by atoms with Crippen LogP contribution in [0, 0.1) is 17.5 Å². The third-order valence-corrected chi connectivity index (χ3v) is 2.58. The molecule has 78 valence electrons. The third kappa shape index (κ3) is 1.88. The zero-order valence-corrected chi connectivity index (χ0v) is 8.46. The molecule has 1 unspecified atom stereocenters. The Kier molecular flexibility index (Phi) is 3.44. The van der Waals surface area contributed by atoms with Gasteiger partial charge in [0.25, 0.3) is 0 Å². The minimum atomic E-state index is -1.54. The van der Waals surface area contributed by atoms with E-state index in [0.29, 0.717) is 0 Å². The fourth-order valence-electron chi connectivity index (χ4n) is 1.15. The van der Waals surface area contributed by atoms with Gasteiger partial charge in [0.1, 0.15) is 0 Å². The second-order valence-electron chi connectivity index (χ2n) is 2.78. The lowest BCUT2D eigenvalue weighted by Gasteiger charge is -2.12. The minimum Gasteiger partial charge on any atom is -0.389 e. The van der Waals surface area contributed by atoms with Crippen molar-refractivity contribution in [3.63, 3.8) is 0 Å². The van der Waals surface area contributed by atoms with E-state index >= 15 is 0 Å².